The lowest BCUT2D eigenvalue weighted by molar-refractivity contribution is -0.220. The first kappa shape index (κ1) is 32.9. The molecule has 0 saturated heterocycles. The molecule has 1 aliphatic heterocycles. The van der Waals surface area contributed by atoms with Gasteiger partial charge in [-0.3, -0.25) is 0 Å². The van der Waals surface area contributed by atoms with E-state index >= 15 is 4.39 Å². The predicted octanol–water partition coefficient (Wildman–Crippen LogP) is 3.32. The Morgan fingerprint density at radius 1 is 1.24 bits per heavy atom. The van der Waals surface area contributed by atoms with Crippen LogP contribution in [-0.2, 0) is 30.4 Å². The first-order chi connectivity index (χ1) is 19.7. The lowest BCUT2D eigenvalue weighted by Crippen LogP contribution is -2.64. The van der Waals surface area contributed by atoms with E-state index in [-0.39, 0.29) is 46.8 Å². The molecule has 1 aromatic carbocycles. The molecule has 0 amide bonds. The molecule has 9 nitrogen and oxygen atoms in total. The second-order valence-electron chi connectivity index (χ2n) is 13.5. The Balaban J connectivity index is 1.65. The molecular weight excluding hydrogens is 544 g/mol. The lowest BCUT2D eigenvalue weighted by atomic mass is 9.42. The van der Waals surface area contributed by atoms with Crippen LogP contribution in [0.3, 0.4) is 0 Å². The van der Waals surface area contributed by atoms with Crippen LogP contribution in [0.4, 0.5) is 4.39 Å². The Labute approximate surface area is 248 Å². The molecular formula is C31H47BFNO8. The minimum Gasteiger partial charge on any atom is -0.479 e. The average molecular weight is 592 g/mol. The number of benzene rings is 1. The number of nitrogens with one attached hydrogen (secondary N) is 1. The van der Waals surface area contributed by atoms with Gasteiger partial charge in [0.2, 0.25) is 0 Å². The molecule has 0 aromatic heterocycles. The molecule has 11 heteroatoms. The van der Waals surface area contributed by atoms with Gasteiger partial charge in [-0.2, -0.15) is 0 Å². The number of carbonyl (C=O) groups excluding carboxylic acids is 2. The number of hydroxylamine groups is 1. The van der Waals surface area contributed by atoms with Crippen LogP contribution >= 0.6 is 0 Å². The zero-order valence-corrected chi connectivity index (χ0v) is 26.0. The molecule has 4 rings (SSSR count). The summed E-state index contributed by atoms with van der Waals surface area (Å²) in [6, 6.07) is 3.02. The van der Waals surface area contributed by atoms with E-state index in [0.29, 0.717) is 31.4 Å². The predicted molar refractivity (Wildman–Crippen MR) is 155 cm³/mol. The molecule has 2 saturated carbocycles. The first-order valence-corrected chi connectivity index (χ1v) is 15.1. The SMILES string of the molecule is CONC[C@]1(C)C[C@@H](OC(=O)COc2ccc3c(c2F)B(O)OC3)[C@]2(C)[C@H](C)CC[C@@](CCC(C)=O)([C@H]2C)[C@@H](C)[C@@H]1O. The molecule has 1 aromatic rings. The highest BCUT2D eigenvalue weighted by atomic mass is 19.1. The van der Waals surface area contributed by atoms with Crippen LogP contribution in [0.1, 0.15) is 79.2 Å². The van der Waals surface area contributed by atoms with Gasteiger partial charge in [-0.1, -0.05) is 40.7 Å². The number of hydrogen-bond donors (Lipinski definition) is 3. The lowest BCUT2D eigenvalue weighted by Gasteiger charge is -2.64. The third kappa shape index (κ3) is 5.75. The fourth-order valence-electron chi connectivity index (χ4n) is 8.22. The van der Waals surface area contributed by atoms with Gasteiger partial charge in [0.1, 0.15) is 11.9 Å². The summed E-state index contributed by atoms with van der Waals surface area (Å²) in [6.07, 6.45) is 1.81. The Bertz CT molecular complexity index is 1170. The zero-order chi connectivity index (χ0) is 31.0. The number of aliphatic hydroxyl groups excluding tert-OH is 1. The van der Waals surface area contributed by atoms with Crippen molar-refractivity contribution < 1.29 is 43.1 Å². The summed E-state index contributed by atoms with van der Waals surface area (Å²) in [6.45, 7) is 12.1. The fraction of sp³-hybridized carbons (Fsp3) is 0.742. The molecule has 8 atom stereocenters. The van der Waals surface area contributed by atoms with E-state index in [2.05, 4.69) is 33.2 Å². The molecule has 0 spiro atoms. The Morgan fingerprint density at radius 2 is 1.95 bits per heavy atom. The molecule has 2 aliphatic carbocycles. The summed E-state index contributed by atoms with van der Waals surface area (Å²) < 4.78 is 32.0. The maximum Gasteiger partial charge on any atom is 0.494 e. The second kappa shape index (κ2) is 12.5. The molecule has 0 unspecified atom stereocenters. The van der Waals surface area contributed by atoms with Crippen molar-refractivity contribution in [3.63, 3.8) is 0 Å². The van der Waals surface area contributed by atoms with Gasteiger partial charge in [-0.25, -0.2) is 14.7 Å². The van der Waals surface area contributed by atoms with Gasteiger partial charge in [0.05, 0.1) is 19.8 Å². The maximum atomic E-state index is 15.0. The number of ketones is 1. The number of hydrogen-bond acceptors (Lipinski definition) is 9. The number of Topliss-reactive ketones (excluding diaryl/α,β-unsaturated/α-hetero) is 1. The van der Waals surface area contributed by atoms with Crippen molar-refractivity contribution in [3.8, 4) is 5.75 Å². The molecule has 3 N–H and O–H groups in total. The zero-order valence-electron chi connectivity index (χ0n) is 26.0. The van der Waals surface area contributed by atoms with Crippen LogP contribution in [0.15, 0.2) is 12.1 Å². The molecule has 2 fully saturated rings. The van der Waals surface area contributed by atoms with Crippen LogP contribution in [-0.4, -0.2) is 61.5 Å². The quantitative estimate of drug-likeness (QED) is 0.214. The summed E-state index contributed by atoms with van der Waals surface area (Å²) in [7, 11) is 0.143. The summed E-state index contributed by atoms with van der Waals surface area (Å²) in [5.74, 6) is -1.38. The van der Waals surface area contributed by atoms with Gasteiger partial charge in [0.15, 0.2) is 18.2 Å². The summed E-state index contributed by atoms with van der Waals surface area (Å²) in [5.41, 5.74) is 1.91. The first-order valence-electron chi connectivity index (χ1n) is 15.1. The van der Waals surface area contributed by atoms with E-state index < -0.39 is 48.5 Å². The topological polar surface area (TPSA) is 124 Å². The van der Waals surface area contributed by atoms with Crippen molar-refractivity contribution in [2.45, 2.75) is 92.5 Å². The summed E-state index contributed by atoms with van der Waals surface area (Å²) >= 11 is 0. The largest absolute Gasteiger partial charge is 0.494 e. The third-order valence-corrected chi connectivity index (χ3v) is 11.4. The number of aliphatic hydroxyl groups is 1. The van der Waals surface area contributed by atoms with Crippen LogP contribution in [0.5, 0.6) is 5.75 Å². The molecule has 0 radical (unpaired) electrons. The number of fused-ring (bicyclic) bond motifs is 3. The Hall–Kier alpha value is -2.05. The van der Waals surface area contributed by atoms with Crippen molar-refractivity contribution in [2.75, 3.05) is 20.3 Å². The van der Waals surface area contributed by atoms with Gasteiger partial charge in [-0.15, -0.1) is 0 Å². The van der Waals surface area contributed by atoms with E-state index in [1.807, 2.05) is 6.92 Å². The smallest absolute Gasteiger partial charge is 0.479 e. The van der Waals surface area contributed by atoms with Gasteiger partial charge in [0.25, 0.3) is 0 Å². The number of rotatable bonds is 10. The third-order valence-electron chi connectivity index (χ3n) is 11.4. The van der Waals surface area contributed by atoms with Crippen molar-refractivity contribution in [3.05, 3.63) is 23.5 Å². The number of esters is 1. The molecule has 234 valence electrons. The van der Waals surface area contributed by atoms with Gasteiger partial charge >= 0.3 is 13.1 Å². The van der Waals surface area contributed by atoms with Crippen molar-refractivity contribution in [2.24, 2.45) is 34.0 Å². The summed E-state index contributed by atoms with van der Waals surface area (Å²) in [5, 5.41) is 21.9. The van der Waals surface area contributed by atoms with Crippen LogP contribution < -0.4 is 15.7 Å². The van der Waals surface area contributed by atoms with Gasteiger partial charge < -0.3 is 33.9 Å². The molecule has 1 heterocycles. The highest BCUT2D eigenvalue weighted by Crippen LogP contribution is 2.64. The molecule has 2 bridgehead atoms. The van der Waals surface area contributed by atoms with Crippen molar-refractivity contribution in [1.82, 2.24) is 5.48 Å². The normalized spacial score (nSPS) is 36.1. The highest BCUT2D eigenvalue weighted by Gasteiger charge is 2.63. The maximum absolute atomic E-state index is 15.0. The molecule has 42 heavy (non-hydrogen) atoms. The fourth-order valence-corrected chi connectivity index (χ4v) is 8.22. The van der Waals surface area contributed by atoms with E-state index in [1.54, 1.807) is 13.0 Å². The minimum absolute atomic E-state index is 0.0182. The monoisotopic (exact) mass is 591 g/mol. The highest BCUT2D eigenvalue weighted by molar-refractivity contribution is 6.61. The Morgan fingerprint density at radius 3 is 2.62 bits per heavy atom. The van der Waals surface area contributed by atoms with Gasteiger partial charge in [0, 0.05) is 29.3 Å². The van der Waals surface area contributed by atoms with E-state index in [9.17, 15) is 19.7 Å². The minimum atomic E-state index is -1.38. The standard InChI is InChI=1S/C31H47BFNO8/c1-18-10-12-31(13-11-19(2)35)20(3)28(37)29(5,17-34-39-7)14-24(30(18,6)21(31)4)42-25(36)16-40-23-9-8-22-15-41-32(38)26(22)27(23)33/h8-9,18,20-21,24,28,34,37-38H,10-17H2,1-7H3/t18-,20+,21+,24-,28+,29+,30-,31+/m1/s1. The Kier molecular flexibility index (Phi) is 9.79. The van der Waals surface area contributed by atoms with Crippen molar-refractivity contribution in [1.29, 1.82) is 0 Å². The number of ether oxygens (including phenoxy) is 2. The van der Waals surface area contributed by atoms with Crippen LogP contribution in [0.25, 0.3) is 0 Å². The van der Waals surface area contributed by atoms with Crippen LogP contribution in [0, 0.1) is 39.8 Å². The van der Waals surface area contributed by atoms with E-state index in [4.69, 9.17) is 19.0 Å². The average Bonchev–Trinajstić information content (AvgIpc) is 3.34. The van der Waals surface area contributed by atoms with Crippen molar-refractivity contribution >= 4 is 24.3 Å². The summed E-state index contributed by atoms with van der Waals surface area (Å²) in [4.78, 5) is 30.8. The molecule has 3 aliphatic rings. The van der Waals surface area contributed by atoms with Gasteiger partial charge in [-0.05, 0) is 67.4 Å². The number of halogens is 1. The van der Waals surface area contributed by atoms with E-state index in [0.717, 1.165) is 12.8 Å². The second-order valence-corrected chi connectivity index (χ2v) is 13.5. The van der Waals surface area contributed by atoms with E-state index in [1.165, 1.54) is 13.2 Å². The van der Waals surface area contributed by atoms with Crippen LogP contribution in [0.2, 0.25) is 0 Å². The number of carbonyl (C=O) groups is 2.